The van der Waals surface area contributed by atoms with Gasteiger partial charge in [-0.3, -0.25) is 0 Å². The van der Waals surface area contributed by atoms with E-state index in [2.05, 4.69) is 215 Å². The average Bonchev–Trinajstić information content (AvgIpc) is 1.62. The highest BCUT2D eigenvalue weighted by molar-refractivity contribution is 7.30. The Bertz CT molecular complexity index is 4190. The molecule has 0 N–H and O–H groups in total. The van der Waals surface area contributed by atoms with Gasteiger partial charge in [0.05, 0.1) is 85.6 Å². The van der Waals surface area contributed by atoms with E-state index in [0.29, 0.717) is 106 Å². The molecule has 0 aliphatic carbocycles. The van der Waals surface area contributed by atoms with Crippen molar-refractivity contribution in [2.45, 2.75) is 67.1 Å². The van der Waals surface area contributed by atoms with Crippen LogP contribution in [0.2, 0.25) is 0 Å². The van der Waals surface area contributed by atoms with Gasteiger partial charge in [-0.05, 0) is 97.5 Å². The van der Waals surface area contributed by atoms with Crippen LogP contribution in [0.15, 0.2) is 183 Å². The van der Waals surface area contributed by atoms with Crippen molar-refractivity contribution in [1.82, 2.24) is 0 Å². The summed E-state index contributed by atoms with van der Waals surface area (Å²) in [6, 6.07) is 49.0. The van der Waals surface area contributed by atoms with Crippen molar-refractivity contribution in [3.63, 3.8) is 0 Å². The second-order valence-electron chi connectivity index (χ2n) is 24.3. The largest absolute Gasteiger partial charge is 0.485 e. The molecule has 0 amide bonds. The maximum atomic E-state index is 6.19. The zero-order valence-corrected chi connectivity index (χ0v) is 61.7. The summed E-state index contributed by atoms with van der Waals surface area (Å²) in [6.07, 6.45) is 17.4. The minimum absolute atomic E-state index is 0.477. The predicted octanol–water partition coefficient (Wildman–Crippen LogP) is 16.4. The van der Waals surface area contributed by atoms with E-state index in [1.165, 1.54) is 73.8 Å². The summed E-state index contributed by atoms with van der Waals surface area (Å²) in [6.45, 7) is 20.5. The van der Waals surface area contributed by atoms with E-state index in [-0.39, 0.29) is 0 Å². The summed E-state index contributed by atoms with van der Waals surface area (Å²) in [7, 11) is 0. The molecule has 514 valence electrons. The molecule has 0 fully saturated rings. The molecule has 18 aliphatic heterocycles. The van der Waals surface area contributed by atoms with Crippen molar-refractivity contribution >= 4 is 68.0 Å². The fraction of sp³-hybridized carbons (Fsp3) is 0.300. The Kier molecular flexibility index (Phi) is 23.4. The van der Waals surface area contributed by atoms with Gasteiger partial charge in [-0.2, -0.15) is 0 Å². The van der Waals surface area contributed by atoms with Crippen LogP contribution in [0.1, 0.15) is 57.0 Å². The third-order valence-electron chi connectivity index (χ3n) is 17.2. The zero-order valence-electron chi connectivity index (χ0n) is 56.8. The highest BCUT2D eigenvalue weighted by atomic mass is 32.1. The van der Waals surface area contributed by atoms with Gasteiger partial charge in [0.25, 0.3) is 0 Å². The van der Waals surface area contributed by atoms with E-state index < -0.39 is 0 Å². The number of aromatic nitrogens is 4. The van der Waals surface area contributed by atoms with E-state index in [9.17, 15) is 0 Å². The van der Waals surface area contributed by atoms with Gasteiger partial charge in [-0.1, -0.05) is 48.5 Å². The Labute approximate surface area is 609 Å². The Morgan fingerprint density at radius 1 is 0.300 bits per heavy atom. The number of hydrogen-bond donors (Lipinski definition) is 0. The maximum absolute atomic E-state index is 6.19. The Hall–Kier alpha value is -7.80. The molecule has 14 nitrogen and oxygen atoms in total. The van der Waals surface area contributed by atoms with Crippen LogP contribution >= 0.6 is 68.0 Å². The van der Waals surface area contributed by atoms with Crippen molar-refractivity contribution in [3.8, 4) is 94.0 Å². The lowest BCUT2D eigenvalue weighted by atomic mass is 10.1. The molecule has 28 heterocycles. The first-order chi connectivity index (χ1) is 49.2. The summed E-state index contributed by atoms with van der Waals surface area (Å²) in [5, 5.41) is 0. The Morgan fingerprint density at radius 3 is 0.890 bits per heavy atom. The molecule has 0 saturated heterocycles. The van der Waals surface area contributed by atoms with Gasteiger partial charge in [0.2, 0.25) is 0 Å². The third-order valence-corrected chi connectivity index (χ3v) is 24.8. The molecule has 0 unspecified atom stereocenters. The normalized spacial score (nSPS) is 13.1. The monoisotopic (exact) mass is 1450 g/mol. The van der Waals surface area contributed by atoms with Gasteiger partial charge in [0, 0.05) is 123 Å². The molecule has 20 heteroatoms. The number of benzene rings is 2. The van der Waals surface area contributed by atoms with Crippen LogP contribution in [-0.2, 0) is 67.8 Å². The number of fused-ring (bicyclic) bond motifs is 2. The minimum Gasteiger partial charge on any atom is -0.485 e. The number of ether oxygens (including phenoxy) is 10. The zero-order chi connectivity index (χ0) is 68.0. The lowest BCUT2D eigenvalue weighted by molar-refractivity contribution is -0.689. The number of aryl methyl sites for hydroxylation is 2. The predicted molar refractivity (Wildman–Crippen MR) is 400 cm³/mol. The lowest BCUT2D eigenvalue weighted by Gasteiger charge is -2.16. The van der Waals surface area contributed by atoms with E-state index in [0.717, 1.165) is 89.6 Å². The van der Waals surface area contributed by atoms with Crippen LogP contribution in [0.4, 0.5) is 0 Å². The van der Waals surface area contributed by atoms with Gasteiger partial charge in [0.15, 0.2) is 98.8 Å². The van der Waals surface area contributed by atoms with Crippen LogP contribution in [0.5, 0.6) is 23.0 Å². The second-order valence-corrected chi connectivity index (χ2v) is 31.1. The first kappa shape index (κ1) is 69.3. The number of nitrogens with zero attached hydrogens (tertiary/aromatic N) is 4. The molecule has 0 radical (unpaired) electrons. The van der Waals surface area contributed by atoms with Crippen molar-refractivity contribution in [2.24, 2.45) is 0 Å². The minimum atomic E-state index is 0.477. The maximum Gasteiger partial charge on any atom is 0.181 e. The van der Waals surface area contributed by atoms with Crippen LogP contribution in [0, 0.1) is 13.8 Å². The van der Waals surface area contributed by atoms with Crippen LogP contribution in [0.3, 0.4) is 0 Å². The number of rotatable bonds is 23. The van der Waals surface area contributed by atoms with Gasteiger partial charge < -0.3 is 47.4 Å². The first-order valence-corrected chi connectivity index (χ1v) is 39.0. The molecule has 100 heavy (non-hydrogen) atoms. The van der Waals surface area contributed by atoms with Crippen molar-refractivity contribution in [3.05, 3.63) is 226 Å². The number of thiophene rings is 6. The summed E-state index contributed by atoms with van der Waals surface area (Å²) in [5.41, 5.74) is 12.4. The molecule has 10 aromatic heterocycles. The van der Waals surface area contributed by atoms with Crippen LogP contribution < -0.4 is 37.2 Å². The molecule has 2 aromatic carbocycles. The molecular formula is C80H82N4O10S6+4. The van der Waals surface area contributed by atoms with E-state index in [1.54, 1.807) is 45.3 Å². The smallest absolute Gasteiger partial charge is 0.181 e. The molecule has 12 aromatic rings. The highest BCUT2D eigenvalue weighted by Crippen LogP contribution is 2.55. The van der Waals surface area contributed by atoms with E-state index in [4.69, 9.17) is 47.4 Å². The lowest BCUT2D eigenvalue weighted by Crippen LogP contribution is -2.34. The molecule has 0 saturated carbocycles. The van der Waals surface area contributed by atoms with Gasteiger partial charge in [-0.25, -0.2) is 18.3 Å². The van der Waals surface area contributed by atoms with Crippen molar-refractivity contribution in [1.29, 1.82) is 0 Å². The average molecular weight is 1450 g/mol. The van der Waals surface area contributed by atoms with Crippen LogP contribution in [-0.4, -0.2) is 92.5 Å². The second kappa shape index (κ2) is 33.8. The van der Waals surface area contributed by atoms with Crippen molar-refractivity contribution in [2.75, 3.05) is 92.5 Å². The molecule has 0 atom stereocenters. The number of hydrogen-bond acceptors (Lipinski definition) is 16. The molecular weight excluding hydrogens is 1370 g/mol. The summed E-state index contributed by atoms with van der Waals surface area (Å²) in [5.74, 6) is 3.42. The van der Waals surface area contributed by atoms with Crippen molar-refractivity contribution < 1.29 is 65.6 Å². The Morgan fingerprint density at radius 2 is 0.580 bits per heavy atom. The molecule has 30 rings (SSSR count). The van der Waals surface area contributed by atoms with Gasteiger partial charge in [-0.15, -0.1) is 68.0 Å². The SMILES string of the molecule is CCOCCOCCOCc1cc(-c2ccc(-c3ccc(-c4cc(COCCOCCOCC)c(-c5sc(C)c6c5OCCO6)s4)s3)s2)sc1-c1sc(C)c2c1OCCO2.c1cc2ccc1C[n+]1ccc(cc1)-c1cc[n+](cc1)Cc1ccc(cc1)C[n+]1ccc(cc1)-c1cc[n+](cc1)C2. The summed E-state index contributed by atoms with van der Waals surface area (Å²) in [4.78, 5) is 14.1. The first-order valence-electron chi connectivity index (χ1n) is 34.1. The molecule has 12 bridgehead atoms. The fourth-order valence-electron chi connectivity index (χ4n) is 12.1. The van der Waals surface area contributed by atoms with Crippen LogP contribution in [0.25, 0.3) is 71.0 Å². The van der Waals surface area contributed by atoms with E-state index >= 15 is 0 Å². The van der Waals surface area contributed by atoms with Gasteiger partial charge in [0.1, 0.15) is 26.4 Å². The van der Waals surface area contributed by atoms with Gasteiger partial charge >= 0.3 is 0 Å². The molecule has 0 spiro atoms. The topological polar surface area (TPSA) is 108 Å². The fourth-order valence-corrected chi connectivity index (χ4v) is 19.1. The summed E-state index contributed by atoms with van der Waals surface area (Å²) >= 11 is 10.7. The highest BCUT2D eigenvalue weighted by Gasteiger charge is 2.29. The molecule has 18 aliphatic rings. The van der Waals surface area contributed by atoms with E-state index in [1.807, 2.05) is 36.5 Å². The Balaban J connectivity index is 0.000000184. The third kappa shape index (κ3) is 17.2. The standard InChI is InChI=1S/C44H50O10S6.C36H32N4/c1-5-45-11-13-47-15-17-49-25-29-23-35(59-41(29)43-39-37(27(3)55-43)51-19-21-53-39)33-9-7-31(57-33)32-8-10-34(58-32)36-24-30(26-50-18-16-48-14-12-46-6-2)42(60-36)44-40-38(28(4)56-44)52-20-22-54-40;1-2-30-4-3-29(1)25-37-17-9-33(10-18-37)35-13-21-39(22-14-35)27-31-5-7-32(8-6-31)28-40-23-15-36(16-24-40)34-11-19-38(26-30)20-12-34/h7-10,23-24H,5-6,11-22,25-26H2,1-4H3;1-24H,25-28H2/q;+4. The summed E-state index contributed by atoms with van der Waals surface area (Å²) < 4.78 is 67.9. The quantitative estimate of drug-likeness (QED) is 0.0454. The number of pyridine rings is 4.